The maximum atomic E-state index is 11.0. The largest absolute Gasteiger partial charge is 0.464 e. The van der Waals surface area contributed by atoms with E-state index >= 15 is 0 Å². The van der Waals surface area contributed by atoms with E-state index in [-0.39, 0.29) is 12.0 Å². The fourth-order valence-electron chi connectivity index (χ4n) is 2.47. The molecule has 0 saturated carbocycles. The summed E-state index contributed by atoms with van der Waals surface area (Å²) in [6.45, 7) is 4.64. The van der Waals surface area contributed by atoms with Gasteiger partial charge in [-0.3, -0.25) is 9.69 Å². The van der Waals surface area contributed by atoms with E-state index in [4.69, 9.17) is 15.2 Å². The predicted octanol–water partition coefficient (Wildman–Crippen LogP) is 1.37. The molecule has 0 aromatic heterocycles. The number of hydrogen-bond donors (Lipinski definition) is 1. The number of allylic oxidation sites excluding steroid dienone is 4. The maximum Gasteiger partial charge on any atom is 0.302 e. The minimum absolute atomic E-state index is 0.0887. The van der Waals surface area contributed by atoms with Crippen LogP contribution in [0.5, 0.6) is 0 Å². The third-order valence-corrected chi connectivity index (χ3v) is 3.70. The second kappa shape index (κ2) is 8.00. The minimum Gasteiger partial charge on any atom is -0.464 e. The van der Waals surface area contributed by atoms with Gasteiger partial charge in [-0.2, -0.15) is 0 Å². The lowest BCUT2D eigenvalue weighted by molar-refractivity contribution is -0.144. The molecule has 21 heavy (non-hydrogen) atoms. The highest BCUT2D eigenvalue weighted by atomic mass is 16.5. The summed E-state index contributed by atoms with van der Waals surface area (Å²) in [5.41, 5.74) is 8.11. The number of hydrogen-bond acceptors (Lipinski definition) is 5. The number of nitrogens with zero attached hydrogens (tertiary/aromatic N) is 1. The molecule has 0 amide bonds. The molecule has 5 nitrogen and oxygen atoms in total. The first-order valence-corrected chi connectivity index (χ1v) is 7.43. The Balaban J connectivity index is 2.01. The molecule has 1 aliphatic heterocycles. The molecular weight excluding hydrogens is 268 g/mol. The molecule has 1 saturated heterocycles. The number of carbonyl (C=O) groups excluding carboxylic acids is 1. The van der Waals surface area contributed by atoms with Crippen molar-refractivity contribution in [2.75, 3.05) is 32.9 Å². The lowest BCUT2D eigenvalue weighted by Crippen LogP contribution is -2.49. The number of morpholine rings is 1. The molecule has 2 aliphatic rings. The predicted molar refractivity (Wildman–Crippen MR) is 81.5 cm³/mol. The first-order chi connectivity index (χ1) is 10.2. The Kier molecular flexibility index (Phi) is 6.02. The zero-order chi connectivity index (χ0) is 15.1. The summed E-state index contributed by atoms with van der Waals surface area (Å²) < 4.78 is 10.6. The highest BCUT2D eigenvalue weighted by molar-refractivity contribution is 5.65. The molecule has 1 heterocycles. The van der Waals surface area contributed by atoms with Crippen LogP contribution in [0.2, 0.25) is 0 Å². The molecule has 1 aliphatic carbocycles. The van der Waals surface area contributed by atoms with Gasteiger partial charge in [0.05, 0.1) is 19.3 Å². The first-order valence-electron chi connectivity index (χ1n) is 7.43. The van der Waals surface area contributed by atoms with Crippen molar-refractivity contribution in [1.29, 1.82) is 0 Å². The lowest BCUT2D eigenvalue weighted by Gasteiger charge is -2.35. The molecule has 2 rings (SSSR count). The number of nitrogens with two attached hydrogens (primary N) is 1. The van der Waals surface area contributed by atoms with Gasteiger partial charge < -0.3 is 15.2 Å². The van der Waals surface area contributed by atoms with Gasteiger partial charge in [-0.25, -0.2) is 0 Å². The molecule has 0 aromatic carbocycles. The monoisotopic (exact) mass is 292 g/mol. The van der Waals surface area contributed by atoms with Gasteiger partial charge in [0.2, 0.25) is 0 Å². The van der Waals surface area contributed by atoms with Gasteiger partial charge in [0.1, 0.15) is 6.61 Å². The van der Waals surface area contributed by atoms with Gasteiger partial charge >= 0.3 is 5.97 Å². The van der Waals surface area contributed by atoms with Gasteiger partial charge in [-0.1, -0.05) is 24.3 Å². The van der Waals surface area contributed by atoms with Crippen LogP contribution in [-0.2, 0) is 14.3 Å². The van der Waals surface area contributed by atoms with Crippen molar-refractivity contribution in [2.45, 2.75) is 25.8 Å². The molecule has 0 spiro atoms. The fourth-order valence-corrected chi connectivity index (χ4v) is 2.47. The van der Waals surface area contributed by atoms with Gasteiger partial charge in [-0.05, 0) is 18.4 Å². The van der Waals surface area contributed by atoms with Crippen molar-refractivity contribution in [1.82, 2.24) is 4.90 Å². The molecule has 1 atom stereocenters. The van der Waals surface area contributed by atoms with Gasteiger partial charge in [0.25, 0.3) is 0 Å². The van der Waals surface area contributed by atoms with Crippen LogP contribution in [0.1, 0.15) is 19.8 Å². The van der Waals surface area contributed by atoms with Crippen LogP contribution in [0.15, 0.2) is 35.6 Å². The highest BCUT2D eigenvalue weighted by Gasteiger charge is 2.25. The summed E-state index contributed by atoms with van der Waals surface area (Å²) in [7, 11) is 0. The summed E-state index contributed by atoms with van der Waals surface area (Å²) >= 11 is 0. The summed E-state index contributed by atoms with van der Waals surface area (Å²) in [6, 6.07) is 0.0887. The standard InChI is InChI=1S/C16H24N2O3/c1-13(19)21-12-15-11-20-9-8-18(15)10-14-6-4-2-3-5-7-16(14)17/h2,4,6-7,15H,3,5,8-12,17H2,1H3/b4-2-,14-6-,16-7+. The average molecular weight is 292 g/mol. The Bertz CT molecular complexity index is 454. The Morgan fingerprint density at radius 2 is 2.38 bits per heavy atom. The minimum atomic E-state index is -0.256. The summed E-state index contributed by atoms with van der Waals surface area (Å²) in [5.74, 6) is -0.256. The zero-order valence-corrected chi connectivity index (χ0v) is 12.6. The van der Waals surface area contributed by atoms with Gasteiger partial charge in [-0.15, -0.1) is 0 Å². The van der Waals surface area contributed by atoms with E-state index in [0.29, 0.717) is 19.8 Å². The number of ether oxygens (including phenoxy) is 2. The van der Waals surface area contributed by atoms with E-state index < -0.39 is 0 Å². The molecular formula is C16H24N2O3. The van der Waals surface area contributed by atoms with E-state index in [2.05, 4.69) is 29.2 Å². The fraction of sp³-hybridized carbons (Fsp3) is 0.562. The summed E-state index contributed by atoms with van der Waals surface area (Å²) in [5, 5.41) is 0. The zero-order valence-electron chi connectivity index (χ0n) is 12.6. The van der Waals surface area contributed by atoms with Crippen LogP contribution in [0.25, 0.3) is 0 Å². The van der Waals surface area contributed by atoms with Crippen LogP contribution in [-0.4, -0.2) is 49.8 Å². The van der Waals surface area contributed by atoms with E-state index in [1.54, 1.807) is 0 Å². The Morgan fingerprint density at radius 3 is 3.19 bits per heavy atom. The SMILES string of the molecule is CC(=O)OCC1COCCN1CC1=C/C=C\CC/C=C\1N. The lowest BCUT2D eigenvalue weighted by atomic mass is 10.1. The topological polar surface area (TPSA) is 64.8 Å². The third kappa shape index (κ3) is 5.02. The molecule has 2 N–H and O–H groups in total. The van der Waals surface area contributed by atoms with Crippen molar-refractivity contribution in [3.05, 3.63) is 35.6 Å². The molecule has 116 valence electrons. The Morgan fingerprint density at radius 1 is 1.52 bits per heavy atom. The van der Waals surface area contributed by atoms with Gasteiger partial charge in [0, 0.05) is 25.7 Å². The van der Waals surface area contributed by atoms with E-state index in [1.165, 1.54) is 6.92 Å². The normalized spacial score (nSPS) is 30.2. The van der Waals surface area contributed by atoms with Crippen LogP contribution in [0.3, 0.4) is 0 Å². The number of rotatable bonds is 4. The summed E-state index contributed by atoms with van der Waals surface area (Å²) in [4.78, 5) is 13.3. The quantitative estimate of drug-likeness (QED) is 0.793. The molecule has 0 radical (unpaired) electrons. The molecule has 1 fully saturated rings. The van der Waals surface area contributed by atoms with E-state index in [0.717, 1.165) is 37.2 Å². The first kappa shape index (κ1) is 15.8. The Hall–Kier alpha value is -1.59. The number of esters is 1. The smallest absolute Gasteiger partial charge is 0.302 e. The molecule has 0 bridgehead atoms. The third-order valence-electron chi connectivity index (χ3n) is 3.70. The van der Waals surface area contributed by atoms with Crippen LogP contribution >= 0.6 is 0 Å². The van der Waals surface area contributed by atoms with Crippen LogP contribution < -0.4 is 5.73 Å². The Labute approximate surface area is 126 Å². The van der Waals surface area contributed by atoms with Crippen molar-refractivity contribution in [3.8, 4) is 0 Å². The maximum absolute atomic E-state index is 11.0. The van der Waals surface area contributed by atoms with Gasteiger partial charge in [0.15, 0.2) is 0 Å². The van der Waals surface area contributed by atoms with Crippen molar-refractivity contribution in [3.63, 3.8) is 0 Å². The van der Waals surface area contributed by atoms with Crippen LogP contribution in [0.4, 0.5) is 0 Å². The second-order valence-electron chi connectivity index (χ2n) is 5.36. The molecule has 0 aromatic rings. The van der Waals surface area contributed by atoms with E-state index in [9.17, 15) is 4.79 Å². The second-order valence-corrected chi connectivity index (χ2v) is 5.36. The van der Waals surface area contributed by atoms with Crippen LogP contribution in [0, 0.1) is 0 Å². The van der Waals surface area contributed by atoms with Crippen molar-refractivity contribution in [2.24, 2.45) is 5.73 Å². The highest BCUT2D eigenvalue weighted by Crippen LogP contribution is 2.16. The molecule has 1 unspecified atom stereocenters. The van der Waals surface area contributed by atoms with Crippen molar-refractivity contribution < 1.29 is 14.3 Å². The number of carbonyl (C=O) groups is 1. The van der Waals surface area contributed by atoms with Crippen molar-refractivity contribution >= 4 is 5.97 Å². The average Bonchev–Trinajstić information content (AvgIpc) is 2.46. The van der Waals surface area contributed by atoms with E-state index in [1.807, 2.05) is 0 Å². The molecule has 5 heteroatoms. The summed E-state index contributed by atoms with van der Waals surface area (Å²) in [6.07, 6.45) is 10.4.